The van der Waals surface area contributed by atoms with Crippen molar-refractivity contribution in [1.82, 2.24) is 10.2 Å². The SMILES string of the molecule is CC(C)N(CC1NCCC1(C)C)C(C)C. The Morgan fingerprint density at radius 2 is 1.73 bits per heavy atom. The van der Waals surface area contributed by atoms with Crippen LogP contribution >= 0.6 is 0 Å². The van der Waals surface area contributed by atoms with Gasteiger partial charge in [-0.2, -0.15) is 0 Å². The third-order valence-corrected chi connectivity index (χ3v) is 3.82. The van der Waals surface area contributed by atoms with Gasteiger partial charge < -0.3 is 5.32 Å². The molecule has 0 saturated carbocycles. The van der Waals surface area contributed by atoms with Crippen molar-refractivity contribution in [2.24, 2.45) is 5.41 Å². The van der Waals surface area contributed by atoms with E-state index in [-0.39, 0.29) is 0 Å². The van der Waals surface area contributed by atoms with Crippen LogP contribution in [0.4, 0.5) is 0 Å². The first-order valence-electron chi connectivity index (χ1n) is 6.33. The Morgan fingerprint density at radius 1 is 1.20 bits per heavy atom. The molecule has 1 heterocycles. The molecule has 2 nitrogen and oxygen atoms in total. The summed E-state index contributed by atoms with van der Waals surface area (Å²) in [5, 5.41) is 3.65. The minimum absolute atomic E-state index is 0.460. The quantitative estimate of drug-likeness (QED) is 0.770. The van der Waals surface area contributed by atoms with Crippen molar-refractivity contribution in [3.63, 3.8) is 0 Å². The van der Waals surface area contributed by atoms with E-state index in [1.807, 2.05) is 0 Å². The first-order valence-corrected chi connectivity index (χ1v) is 6.33. The van der Waals surface area contributed by atoms with E-state index in [4.69, 9.17) is 0 Å². The average Bonchev–Trinajstić information content (AvgIpc) is 2.39. The second kappa shape index (κ2) is 4.84. The van der Waals surface area contributed by atoms with E-state index < -0.39 is 0 Å². The molecular weight excluding hydrogens is 184 g/mol. The lowest BCUT2D eigenvalue weighted by Gasteiger charge is -2.37. The summed E-state index contributed by atoms with van der Waals surface area (Å²) in [6.07, 6.45) is 1.31. The predicted molar refractivity (Wildman–Crippen MR) is 67.2 cm³/mol. The molecule has 0 aromatic heterocycles. The second-order valence-electron chi connectivity index (χ2n) is 6.13. The number of hydrogen-bond donors (Lipinski definition) is 1. The third-order valence-electron chi connectivity index (χ3n) is 3.82. The molecule has 0 spiro atoms. The molecule has 0 aromatic rings. The maximum atomic E-state index is 3.65. The third kappa shape index (κ3) is 3.18. The first kappa shape index (κ1) is 13.0. The fourth-order valence-electron chi connectivity index (χ4n) is 2.56. The molecule has 0 bridgehead atoms. The molecule has 1 saturated heterocycles. The molecule has 2 heteroatoms. The van der Waals surface area contributed by atoms with Gasteiger partial charge in [0.1, 0.15) is 0 Å². The van der Waals surface area contributed by atoms with E-state index >= 15 is 0 Å². The Morgan fingerprint density at radius 3 is 2.07 bits per heavy atom. The molecule has 1 unspecified atom stereocenters. The van der Waals surface area contributed by atoms with Crippen LogP contribution in [0.25, 0.3) is 0 Å². The fourth-order valence-corrected chi connectivity index (χ4v) is 2.56. The second-order valence-corrected chi connectivity index (χ2v) is 6.13. The zero-order valence-corrected chi connectivity index (χ0v) is 11.3. The Balaban J connectivity index is 2.58. The van der Waals surface area contributed by atoms with Crippen LogP contribution in [0.5, 0.6) is 0 Å². The highest BCUT2D eigenvalue weighted by Gasteiger charge is 2.35. The van der Waals surface area contributed by atoms with Gasteiger partial charge in [-0.05, 0) is 46.1 Å². The highest BCUT2D eigenvalue weighted by molar-refractivity contribution is 4.93. The van der Waals surface area contributed by atoms with Crippen molar-refractivity contribution in [3.8, 4) is 0 Å². The molecule has 1 aliphatic heterocycles. The lowest BCUT2D eigenvalue weighted by Crippen LogP contribution is -2.48. The highest BCUT2D eigenvalue weighted by atomic mass is 15.2. The van der Waals surface area contributed by atoms with Gasteiger partial charge in [0.05, 0.1) is 0 Å². The Labute approximate surface area is 95.4 Å². The molecule has 1 fully saturated rings. The van der Waals surface area contributed by atoms with Gasteiger partial charge in [0.25, 0.3) is 0 Å². The van der Waals surface area contributed by atoms with Crippen LogP contribution in [-0.4, -0.2) is 36.1 Å². The lowest BCUT2D eigenvalue weighted by molar-refractivity contribution is 0.131. The molecule has 1 rings (SSSR count). The van der Waals surface area contributed by atoms with Crippen LogP contribution in [0, 0.1) is 5.41 Å². The summed E-state index contributed by atoms with van der Waals surface area (Å²) in [5.41, 5.74) is 0.460. The normalized spacial score (nSPS) is 25.8. The van der Waals surface area contributed by atoms with Crippen molar-refractivity contribution in [2.75, 3.05) is 13.1 Å². The average molecular weight is 212 g/mol. The monoisotopic (exact) mass is 212 g/mol. The molecule has 1 aliphatic rings. The number of hydrogen-bond acceptors (Lipinski definition) is 2. The number of rotatable bonds is 4. The van der Waals surface area contributed by atoms with Crippen LogP contribution in [0.1, 0.15) is 48.0 Å². The summed E-state index contributed by atoms with van der Waals surface area (Å²) in [6.45, 7) is 16.3. The summed E-state index contributed by atoms with van der Waals surface area (Å²) in [4.78, 5) is 2.59. The summed E-state index contributed by atoms with van der Waals surface area (Å²) >= 11 is 0. The maximum Gasteiger partial charge on any atom is 0.0246 e. The van der Waals surface area contributed by atoms with Gasteiger partial charge >= 0.3 is 0 Å². The van der Waals surface area contributed by atoms with Gasteiger partial charge in [-0.1, -0.05) is 13.8 Å². The van der Waals surface area contributed by atoms with Crippen molar-refractivity contribution < 1.29 is 0 Å². The van der Waals surface area contributed by atoms with Crippen LogP contribution < -0.4 is 5.32 Å². The zero-order valence-electron chi connectivity index (χ0n) is 11.3. The van der Waals surface area contributed by atoms with E-state index in [1.165, 1.54) is 19.5 Å². The Hall–Kier alpha value is -0.0800. The largest absolute Gasteiger partial charge is 0.312 e. The van der Waals surface area contributed by atoms with Crippen LogP contribution in [0.2, 0.25) is 0 Å². The lowest BCUT2D eigenvalue weighted by atomic mass is 9.84. The van der Waals surface area contributed by atoms with Crippen molar-refractivity contribution in [3.05, 3.63) is 0 Å². The van der Waals surface area contributed by atoms with Gasteiger partial charge in [0, 0.05) is 24.7 Å². The summed E-state index contributed by atoms with van der Waals surface area (Å²) in [6, 6.07) is 1.94. The summed E-state index contributed by atoms with van der Waals surface area (Å²) in [7, 11) is 0. The zero-order chi connectivity index (χ0) is 11.6. The van der Waals surface area contributed by atoms with E-state index in [0.29, 0.717) is 23.5 Å². The van der Waals surface area contributed by atoms with Crippen LogP contribution in [-0.2, 0) is 0 Å². The smallest absolute Gasteiger partial charge is 0.0246 e. The summed E-state index contributed by atoms with van der Waals surface area (Å²) < 4.78 is 0. The molecule has 1 N–H and O–H groups in total. The topological polar surface area (TPSA) is 15.3 Å². The highest BCUT2D eigenvalue weighted by Crippen LogP contribution is 2.30. The molecular formula is C13H28N2. The molecule has 0 aromatic carbocycles. The molecule has 0 aliphatic carbocycles. The van der Waals surface area contributed by atoms with Crippen LogP contribution in [0.15, 0.2) is 0 Å². The Bertz CT molecular complexity index is 189. The minimum Gasteiger partial charge on any atom is -0.312 e. The molecule has 90 valence electrons. The first-order chi connectivity index (χ1) is 6.84. The van der Waals surface area contributed by atoms with Crippen molar-refractivity contribution >= 4 is 0 Å². The summed E-state index contributed by atoms with van der Waals surface area (Å²) in [5.74, 6) is 0. The van der Waals surface area contributed by atoms with E-state index in [0.717, 1.165) is 0 Å². The van der Waals surface area contributed by atoms with E-state index in [1.54, 1.807) is 0 Å². The molecule has 15 heavy (non-hydrogen) atoms. The Kier molecular flexibility index (Phi) is 4.19. The van der Waals surface area contributed by atoms with E-state index in [2.05, 4.69) is 51.8 Å². The van der Waals surface area contributed by atoms with Gasteiger partial charge in [-0.3, -0.25) is 4.90 Å². The van der Waals surface area contributed by atoms with Gasteiger partial charge in [0.15, 0.2) is 0 Å². The minimum atomic E-state index is 0.460. The van der Waals surface area contributed by atoms with Gasteiger partial charge in [-0.15, -0.1) is 0 Å². The van der Waals surface area contributed by atoms with Gasteiger partial charge in [-0.25, -0.2) is 0 Å². The molecule has 1 atom stereocenters. The van der Waals surface area contributed by atoms with E-state index in [9.17, 15) is 0 Å². The maximum absolute atomic E-state index is 3.65. The number of nitrogens with zero attached hydrogens (tertiary/aromatic N) is 1. The number of nitrogens with one attached hydrogen (secondary N) is 1. The van der Waals surface area contributed by atoms with Crippen molar-refractivity contribution in [1.29, 1.82) is 0 Å². The fraction of sp³-hybridized carbons (Fsp3) is 1.00. The van der Waals surface area contributed by atoms with Gasteiger partial charge in [0.2, 0.25) is 0 Å². The predicted octanol–water partition coefficient (Wildman–Crippen LogP) is 2.49. The standard InChI is InChI=1S/C13H28N2/c1-10(2)15(11(3)4)9-12-13(5,6)7-8-14-12/h10-12,14H,7-9H2,1-6H3. The van der Waals surface area contributed by atoms with Crippen molar-refractivity contribution in [2.45, 2.75) is 66.1 Å². The molecule has 0 radical (unpaired) electrons. The molecule has 0 amide bonds. The van der Waals surface area contributed by atoms with Crippen LogP contribution in [0.3, 0.4) is 0 Å².